The molecule has 0 amide bonds. The summed E-state index contributed by atoms with van der Waals surface area (Å²) in [7, 11) is -4.13. The molecule has 0 aliphatic rings. The standard InChI is InChI=1S/C11H9FN4O2S/c1-7-10(6-13)11(19(14,17)18)16(15-7)9-4-2-8(12)3-5-9/h2-5H,1H3,(H2,14,17,18). The van der Waals surface area contributed by atoms with Gasteiger partial charge in [-0.25, -0.2) is 22.6 Å². The summed E-state index contributed by atoms with van der Waals surface area (Å²) in [5.41, 5.74) is 0.415. The van der Waals surface area contributed by atoms with Crippen LogP contribution in [0.25, 0.3) is 5.69 Å². The third kappa shape index (κ3) is 2.33. The van der Waals surface area contributed by atoms with Crippen LogP contribution in [0.5, 0.6) is 0 Å². The summed E-state index contributed by atoms with van der Waals surface area (Å²) in [6.07, 6.45) is 0. The molecule has 0 fully saturated rings. The fraction of sp³-hybridized carbons (Fsp3) is 0.0909. The zero-order valence-electron chi connectivity index (χ0n) is 9.83. The van der Waals surface area contributed by atoms with Crippen molar-refractivity contribution in [3.05, 3.63) is 41.3 Å². The first-order valence-corrected chi connectivity index (χ1v) is 6.67. The van der Waals surface area contributed by atoms with E-state index in [9.17, 15) is 12.8 Å². The lowest BCUT2D eigenvalue weighted by Crippen LogP contribution is -2.18. The molecule has 2 aromatic rings. The minimum Gasteiger partial charge on any atom is -0.223 e. The van der Waals surface area contributed by atoms with Gasteiger partial charge in [-0.2, -0.15) is 10.4 Å². The normalized spacial score (nSPS) is 11.3. The maximum atomic E-state index is 12.9. The van der Waals surface area contributed by atoms with Crippen molar-refractivity contribution in [1.82, 2.24) is 9.78 Å². The molecule has 0 spiro atoms. The minimum atomic E-state index is -4.13. The van der Waals surface area contributed by atoms with Gasteiger partial charge in [-0.3, -0.25) is 0 Å². The van der Waals surface area contributed by atoms with Crippen LogP contribution in [0.4, 0.5) is 4.39 Å². The van der Waals surface area contributed by atoms with E-state index in [2.05, 4.69) is 5.10 Å². The molecule has 8 heteroatoms. The van der Waals surface area contributed by atoms with E-state index in [1.807, 2.05) is 0 Å². The highest BCUT2D eigenvalue weighted by atomic mass is 32.2. The molecule has 2 rings (SSSR count). The molecule has 2 N–H and O–H groups in total. The first-order chi connectivity index (χ1) is 8.84. The molecule has 0 saturated carbocycles. The number of nitrogens with zero attached hydrogens (tertiary/aromatic N) is 3. The highest BCUT2D eigenvalue weighted by Gasteiger charge is 2.25. The van der Waals surface area contributed by atoms with Crippen LogP contribution < -0.4 is 5.14 Å². The van der Waals surface area contributed by atoms with Gasteiger partial charge in [0.15, 0.2) is 5.03 Å². The average molecular weight is 280 g/mol. The quantitative estimate of drug-likeness (QED) is 0.880. The Kier molecular flexibility index (Phi) is 3.09. The Morgan fingerprint density at radius 3 is 2.42 bits per heavy atom. The van der Waals surface area contributed by atoms with E-state index < -0.39 is 20.9 Å². The highest BCUT2D eigenvalue weighted by molar-refractivity contribution is 7.89. The molecule has 0 unspecified atom stereocenters. The smallest absolute Gasteiger partial charge is 0.223 e. The van der Waals surface area contributed by atoms with Gasteiger partial charge in [0.1, 0.15) is 17.4 Å². The van der Waals surface area contributed by atoms with E-state index in [0.717, 1.165) is 16.8 Å². The van der Waals surface area contributed by atoms with E-state index in [1.54, 1.807) is 6.07 Å². The third-order valence-corrected chi connectivity index (χ3v) is 3.39. The van der Waals surface area contributed by atoms with E-state index in [0.29, 0.717) is 5.69 Å². The molecule has 0 saturated heterocycles. The molecular formula is C11H9FN4O2S. The van der Waals surface area contributed by atoms with Crippen LogP contribution in [0.1, 0.15) is 11.3 Å². The third-order valence-electron chi connectivity index (χ3n) is 2.47. The van der Waals surface area contributed by atoms with Crippen molar-refractivity contribution < 1.29 is 12.8 Å². The fourth-order valence-electron chi connectivity index (χ4n) is 1.65. The second kappa shape index (κ2) is 4.46. The number of rotatable bonds is 2. The maximum absolute atomic E-state index is 12.9. The molecule has 19 heavy (non-hydrogen) atoms. The number of hydrogen-bond donors (Lipinski definition) is 1. The van der Waals surface area contributed by atoms with Crippen molar-refractivity contribution in [2.45, 2.75) is 11.9 Å². The summed E-state index contributed by atoms with van der Waals surface area (Å²) in [4.78, 5) is 0. The van der Waals surface area contributed by atoms with Crippen molar-refractivity contribution in [2.24, 2.45) is 5.14 Å². The summed E-state index contributed by atoms with van der Waals surface area (Å²) >= 11 is 0. The monoisotopic (exact) mass is 280 g/mol. The zero-order chi connectivity index (χ0) is 14.2. The Labute approximate surface area is 108 Å². The number of nitriles is 1. The molecule has 0 atom stereocenters. The molecule has 1 aromatic carbocycles. The molecule has 1 heterocycles. The highest BCUT2D eigenvalue weighted by Crippen LogP contribution is 2.21. The number of primary sulfonamides is 1. The predicted molar refractivity (Wildman–Crippen MR) is 64.3 cm³/mol. The topological polar surface area (TPSA) is 102 Å². The maximum Gasteiger partial charge on any atom is 0.257 e. The zero-order valence-corrected chi connectivity index (χ0v) is 10.6. The average Bonchev–Trinajstić information content (AvgIpc) is 2.66. The van der Waals surface area contributed by atoms with Gasteiger partial charge in [0.05, 0.1) is 11.4 Å². The number of halogens is 1. The van der Waals surface area contributed by atoms with Crippen molar-refractivity contribution in [3.63, 3.8) is 0 Å². The van der Waals surface area contributed by atoms with Crippen molar-refractivity contribution in [3.8, 4) is 11.8 Å². The molecule has 0 radical (unpaired) electrons. The second-order valence-corrected chi connectivity index (χ2v) is 5.29. The van der Waals surface area contributed by atoms with Gasteiger partial charge in [0.2, 0.25) is 0 Å². The largest absolute Gasteiger partial charge is 0.257 e. The van der Waals surface area contributed by atoms with Gasteiger partial charge in [-0.15, -0.1) is 0 Å². The molecule has 98 valence electrons. The lowest BCUT2D eigenvalue weighted by atomic mass is 10.3. The van der Waals surface area contributed by atoms with Crippen LogP contribution in [0, 0.1) is 24.1 Å². The van der Waals surface area contributed by atoms with Crippen molar-refractivity contribution in [1.29, 1.82) is 5.26 Å². The Hall–Kier alpha value is -2.24. The summed E-state index contributed by atoms with van der Waals surface area (Å²) in [5, 5.41) is 17.6. The summed E-state index contributed by atoms with van der Waals surface area (Å²) in [5.74, 6) is -0.467. The lowest BCUT2D eigenvalue weighted by Gasteiger charge is -2.05. The van der Waals surface area contributed by atoms with Crippen LogP contribution in [0.3, 0.4) is 0 Å². The molecule has 1 aromatic heterocycles. The summed E-state index contributed by atoms with van der Waals surface area (Å²) < 4.78 is 37.0. The summed E-state index contributed by atoms with van der Waals surface area (Å²) in [6, 6.07) is 6.76. The Balaban J connectivity index is 2.79. The predicted octanol–water partition coefficient (Wildman–Crippen LogP) is 0.839. The van der Waals surface area contributed by atoms with Crippen LogP contribution in [0.2, 0.25) is 0 Å². The molecule has 0 aliphatic heterocycles. The number of hydrogen-bond acceptors (Lipinski definition) is 4. The number of benzene rings is 1. The second-order valence-electron chi connectivity index (χ2n) is 3.81. The first-order valence-electron chi connectivity index (χ1n) is 5.13. The number of aromatic nitrogens is 2. The van der Waals surface area contributed by atoms with Gasteiger partial charge in [0.25, 0.3) is 10.0 Å². The van der Waals surface area contributed by atoms with E-state index in [1.165, 1.54) is 19.1 Å². The van der Waals surface area contributed by atoms with Crippen LogP contribution in [0.15, 0.2) is 29.3 Å². The van der Waals surface area contributed by atoms with Gasteiger partial charge in [-0.1, -0.05) is 0 Å². The first kappa shape index (κ1) is 13.2. The Bertz CT molecular complexity index is 772. The number of aryl methyl sites for hydroxylation is 1. The molecule has 0 aliphatic carbocycles. The van der Waals surface area contributed by atoms with Gasteiger partial charge >= 0.3 is 0 Å². The summed E-state index contributed by atoms with van der Waals surface area (Å²) in [6.45, 7) is 1.49. The van der Waals surface area contributed by atoms with Gasteiger partial charge < -0.3 is 0 Å². The molecule has 6 nitrogen and oxygen atoms in total. The van der Waals surface area contributed by atoms with Crippen molar-refractivity contribution in [2.75, 3.05) is 0 Å². The molecule has 0 bridgehead atoms. The van der Waals surface area contributed by atoms with Crippen LogP contribution in [-0.2, 0) is 10.0 Å². The minimum absolute atomic E-state index is 0.119. The van der Waals surface area contributed by atoms with Gasteiger partial charge in [0, 0.05) is 0 Å². The van der Waals surface area contributed by atoms with Crippen molar-refractivity contribution >= 4 is 10.0 Å². The van der Waals surface area contributed by atoms with E-state index >= 15 is 0 Å². The van der Waals surface area contributed by atoms with E-state index in [4.69, 9.17) is 10.4 Å². The SMILES string of the molecule is Cc1nn(-c2ccc(F)cc2)c(S(N)(=O)=O)c1C#N. The van der Waals surface area contributed by atoms with Crippen LogP contribution in [-0.4, -0.2) is 18.2 Å². The van der Waals surface area contributed by atoms with Gasteiger partial charge in [-0.05, 0) is 31.2 Å². The Morgan fingerprint density at radius 2 is 1.95 bits per heavy atom. The molecular weight excluding hydrogens is 271 g/mol. The Morgan fingerprint density at radius 1 is 1.37 bits per heavy atom. The van der Waals surface area contributed by atoms with Crippen LogP contribution >= 0.6 is 0 Å². The number of sulfonamides is 1. The fourth-order valence-corrected chi connectivity index (χ4v) is 2.52. The van der Waals surface area contributed by atoms with E-state index in [-0.39, 0.29) is 11.3 Å². The lowest BCUT2D eigenvalue weighted by molar-refractivity contribution is 0.587. The number of nitrogens with two attached hydrogens (primary N) is 1.